The Labute approximate surface area is 488 Å². The Balaban J connectivity index is 4.03. The normalized spacial score (nSPS) is 12.0. The van der Waals surface area contributed by atoms with Gasteiger partial charge in [-0.15, -0.1) is 0 Å². The zero-order valence-electron chi connectivity index (χ0n) is 53.2. The summed E-state index contributed by atoms with van der Waals surface area (Å²) in [6.45, 7) is 6.70. The minimum absolute atomic E-state index is 0.0670. The van der Waals surface area contributed by atoms with E-state index in [4.69, 9.17) is 14.2 Å². The molecule has 0 saturated heterocycles. The lowest BCUT2D eigenvalue weighted by Crippen LogP contribution is -2.30. The summed E-state index contributed by atoms with van der Waals surface area (Å²) in [4.78, 5) is 38.3. The van der Waals surface area contributed by atoms with Crippen LogP contribution in [0.3, 0.4) is 0 Å². The molecule has 0 saturated carbocycles. The maximum absolute atomic E-state index is 12.9. The summed E-state index contributed by atoms with van der Waals surface area (Å²) in [6, 6.07) is 0. The predicted octanol–water partition coefficient (Wildman–Crippen LogP) is 24.4. The molecule has 0 radical (unpaired) electrons. The molecule has 0 aromatic carbocycles. The summed E-state index contributed by atoms with van der Waals surface area (Å²) >= 11 is 0. The van der Waals surface area contributed by atoms with E-state index in [9.17, 15) is 14.4 Å². The molecule has 0 heterocycles. The number of hydrogen-bond acceptors (Lipinski definition) is 6. The van der Waals surface area contributed by atoms with E-state index in [2.05, 4.69) is 32.9 Å². The summed E-state index contributed by atoms with van der Waals surface area (Å²) in [6.07, 6.45) is 81.3. The van der Waals surface area contributed by atoms with Gasteiger partial charge in [-0.05, 0) is 44.9 Å². The Morgan fingerprint density at radius 2 is 0.423 bits per heavy atom. The summed E-state index contributed by atoms with van der Waals surface area (Å²) in [7, 11) is 0. The van der Waals surface area contributed by atoms with Crippen LogP contribution in [0.2, 0.25) is 0 Å². The van der Waals surface area contributed by atoms with Crippen molar-refractivity contribution in [2.75, 3.05) is 13.2 Å². The van der Waals surface area contributed by atoms with Gasteiger partial charge in [-0.3, -0.25) is 14.4 Å². The highest BCUT2D eigenvalue weighted by atomic mass is 16.6. The highest BCUT2D eigenvalue weighted by Gasteiger charge is 2.19. The molecule has 0 fully saturated rings. The number of carbonyl (C=O) groups excluding carboxylic acids is 3. The van der Waals surface area contributed by atoms with E-state index >= 15 is 0 Å². The van der Waals surface area contributed by atoms with Crippen molar-refractivity contribution in [2.24, 2.45) is 0 Å². The molecule has 0 amide bonds. The average Bonchev–Trinajstić information content (AvgIpc) is 3.44. The summed E-state index contributed by atoms with van der Waals surface area (Å²) in [5.74, 6) is -0.846. The Kier molecular flexibility index (Phi) is 66.0. The molecule has 1 atom stereocenters. The highest BCUT2D eigenvalue weighted by molar-refractivity contribution is 5.71. The number of esters is 3. The topological polar surface area (TPSA) is 78.9 Å². The van der Waals surface area contributed by atoms with Gasteiger partial charge in [0.1, 0.15) is 13.2 Å². The van der Waals surface area contributed by atoms with Crippen molar-refractivity contribution >= 4 is 17.9 Å². The van der Waals surface area contributed by atoms with Gasteiger partial charge in [0.2, 0.25) is 0 Å². The van der Waals surface area contributed by atoms with Crippen LogP contribution in [0.15, 0.2) is 12.2 Å². The van der Waals surface area contributed by atoms with Crippen LogP contribution in [0.25, 0.3) is 0 Å². The highest BCUT2D eigenvalue weighted by Crippen LogP contribution is 2.19. The van der Waals surface area contributed by atoms with Gasteiger partial charge >= 0.3 is 17.9 Å². The Hall–Kier alpha value is -1.85. The number of carbonyl (C=O) groups is 3. The van der Waals surface area contributed by atoms with Crippen LogP contribution in [0, 0.1) is 0 Å². The molecule has 6 heteroatoms. The smallest absolute Gasteiger partial charge is 0.306 e. The van der Waals surface area contributed by atoms with Crippen molar-refractivity contribution < 1.29 is 28.6 Å². The van der Waals surface area contributed by atoms with Crippen molar-refractivity contribution in [1.82, 2.24) is 0 Å². The number of ether oxygens (including phenoxy) is 3. The van der Waals surface area contributed by atoms with Crippen molar-refractivity contribution in [3.63, 3.8) is 0 Å². The fraction of sp³-hybridized carbons (Fsp3) is 0.931. The molecule has 0 aromatic rings. The van der Waals surface area contributed by atoms with Crippen molar-refractivity contribution in [1.29, 1.82) is 0 Å². The third-order valence-corrected chi connectivity index (χ3v) is 16.5. The second-order valence-corrected chi connectivity index (χ2v) is 24.5. The molecule has 0 rings (SSSR count). The fourth-order valence-corrected chi connectivity index (χ4v) is 11.2. The summed E-state index contributed by atoms with van der Waals surface area (Å²) in [5.41, 5.74) is 0. The van der Waals surface area contributed by atoms with Gasteiger partial charge in [0.05, 0.1) is 0 Å². The standard InChI is InChI=1S/C72H138O6/c1-4-7-10-13-16-19-22-24-26-28-29-30-31-32-33-34-35-36-37-38-39-40-41-42-43-44-46-47-50-53-56-59-62-65-71(74)77-68-69(67-76-70(73)64-61-58-55-52-49-21-18-15-12-9-6-3)78-72(75)66-63-60-57-54-51-48-45-27-25-23-20-17-14-11-8-5-2/h27,45,69H,4-26,28-44,46-68H2,1-3H3/b45-27-. The molecule has 6 nitrogen and oxygen atoms in total. The van der Waals surface area contributed by atoms with Gasteiger partial charge in [-0.1, -0.05) is 360 Å². The van der Waals surface area contributed by atoms with Crippen LogP contribution in [-0.2, 0) is 28.6 Å². The number of unbranched alkanes of at least 4 members (excludes halogenated alkanes) is 54. The first-order chi connectivity index (χ1) is 38.5. The van der Waals surface area contributed by atoms with E-state index in [0.717, 1.165) is 64.2 Å². The number of hydrogen-bond donors (Lipinski definition) is 0. The largest absolute Gasteiger partial charge is 0.462 e. The van der Waals surface area contributed by atoms with E-state index in [0.29, 0.717) is 19.3 Å². The molecular weight excluding hydrogens is 961 g/mol. The maximum Gasteiger partial charge on any atom is 0.306 e. The van der Waals surface area contributed by atoms with Crippen molar-refractivity contribution in [3.8, 4) is 0 Å². The quantitative estimate of drug-likeness (QED) is 0.0261. The van der Waals surface area contributed by atoms with Crippen LogP contribution in [0.4, 0.5) is 0 Å². The van der Waals surface area contributed by atoms with E-state index in [1.54, 1.807) is 0 Å². The molecule has 0 aliphatic heterocycles. The van der Waals surface area contributed by atoms with Gasteiger partial charge in [0, 0.05) is 19.3 Å². The molecule has 0 aliphatic rings. The molecule has 0 aromatic heterocycles. The van der Waals surface area contributed by atoms with E-state index in [1.165, 1.54) is 308 Å². The van der Waals surface area contributed by atoms with Crippen LogP contribution in [0.1, 0.15) is 412 Å². The van der Waals surface area contributed by atoms with E-state index in [-0.39, 0.29) is 31.1 Å². The van der Waals surface area contributed by atoms with Crippen LogP contribution in [-0.4, -0.2) is 37.2 Å². The molecule has 1 unspecified atom stereocenters. The molecule has 0 spiro atoms. The lowest BCUT2D eigenvalue weighted by Gasteiger charge is -2.18. The average molecular weight is 1100 g/mol. The van der Waals surface area contributed by atoms with Crippen LogP contribution >= 0.6 is 0 Å². The molecule has 462 valence electrons. The maximum atomic E-state index is 12.9. The Bertz CT molecular complexity index is 1210. The van der Waals surface area contributed by atoms with Gasteiger partial charge in [0.25, 0.3) is 0 Å². The Morgan fingerprint density at radius 1 is 0.244 bits per heavy atom. The van der Waals surface area contributed by atoms with Crippen LogP contribution < -0.4 is 0 Å². The van der Waals surface area contributed by atoms with Gasteiger partial charge in [-0.2, -0.15) is 0 Å². The van der Waals surface area contributed by atoms with Crippen molar-refractivity contribution in [3.05, 3.63) is 12.2 Å². The molecular formula is C72H138O6. The fourth-order valence-electron chi connectivity index (χ4n) is 11.2. The van der Waals surface area contributed by atoms with E-state index < -0.39 is 6.10 Å². The summed E-state index contributed by atoms with van der Waals surface area (Å²) < 4.78 is 16.9. The van der Waals surface area contributed by atoms with Crippen LogP contribution in [0.5, 0.6) is 0 Å². The molecule has 0 N–H and O–H groups in total. The second-order valence-electron chi connectivity index (χ2n) is 24.5. The number of rotatable bonds is 67. The monoisotopic (exact) mass is 1100 g/mol. The lowest BCUT2D eigenvalue weighted by atomic mass is 10.0. The SMILES string of the molecule is CCCCCCCCC/C=C\CCCCCCCC(=O)OC(COC(=O)CCCCCCCCCCCCC)COC(=O)CCCCCCCCCCCCCCCCCCCCCCCCCCCCCCCCCCC. The predicted molar refractivity (Wildman–Crippen MR) is 340 cm³/mol. The van der Waals surface area contributed by atoms with Crippen molar-refractivity contribution in [2.45, 2.75) is 419 Å². The Morgan fingerprint density at radius 3 is 0.641 bits per heavy atom. The zero-order valence-corrected chi connectivity index (χ0v) is 53.2. The van der Waals surface area contributed by atoms with E-state index in [1.807, 2.05) is 0 Å². The minimum Gasteiger partial charge on any atom is -0.462 e. The first-order valence-corrected chi connectivity index (χ1v) is 35.7. The number of allylic oxidation sites excluding steroid dienone is 2. The van der Waals surface area contributed by atoms with Gasteiger partial charge < -0.3 is 14.2 Å². The first-order valence-electron chi connectivity index (χ1n) is 35.7. The van der Waals surface area contributed by atoms with Gasteiger partial charge in [0.15, 0.2) is 6.10 Å². The first kappa shape index (κ1) is 76.1. The third kappa shape index (κ3) is 65.0. The molecule has 0 aliphatic carbocycles. The third-order valence-electron chi connectivity index (χ3n) is 16.5. The second kappa shape index (κ2) is 67.7. The van der Waals surface area contributed by atoms with Gasteiger partial charge in [-0.25, -0.2) is 0 Å². The minimum atomic E-state index is -0.770. The zero-order chi connectivity index (χ0) is 56.4. The lowest BCUT2D eigenvalue weighted by molar-refractivity contribution is -0.167. The summed E-state index contributed by atoms with van der Waals surface area (Å²) in [5, 5.41) is 0. The molecule has 0 bridgehead atoms. The molecule has 78 heavy (non-hydrogen) atoms.